The van der Waals surface area contributed by atoms with Gasteiger partial charge >= 0.3 is 6.18 Å². The molecule has 0 aliphatic rings. The highest BCUT2D eigenvalue weighted by molar-refractivity contribution is 6.39. The average molecular weight is 411 g/mol. The van der Waals surface area contributed by atoms with Crippen LogP contribution in [0.2, 0.25) is 15.1 Å². The number of halogens is 6. The maximum Gasteiger partial charge on any atom is 0.416 e. The van der Waals surface area contributed by atoms with E-state index >= 15 is 0 Å². The minimum atomic E-state index is -4.53. The van der Waals surface area contributed by atoms with Crippen molar-refractivity contribution in [2.45, 2.75) is 6.18 Å². The molecule has 0 aliphatic heterocycles. The molecule has 9 heteroatoms. The SMILES string of the molecule is CN(C)c1ccc(/C=N/Nc2c(Cl)cc(C(F)(F)F)cc2Cl)c(Cl)c1. The first-order valence-electron chi connectivity index (χ1n) is 6.92. The van der Waals surface area contributed by atoms with Crippen LogP contribution >= 0.6 is 34.8 Å². The molecule has 0 fully saturated rings. The number of alkyl halides is 3. The molecule has 2 rings (SSSR count). The second-order valence-corrected chi connectivity index (χ2v) is 6.50. The Balaban J connectivity index is 2.20. The van der Waals surface area contributed by atoms with Gasteiger partial charge in [0, 0.05) is 25.3 Å². The van der Waals surface area contributed by atoms with Crippen LogP contribution in [0.15, 0.2) is 35.4 Å². The van der Waals surface area contributed by atoms with Gasteiger partial charge in [-0.15, -0.1) is 0 Å². The minimum absolute atomic E-state index is 0.0774. The van der Waals surface area contributed by atoms with E-state index in [0.29, 0.717) is 10.6 Å². The normalized spacial score (nSPS) is 11.8. The highest BCUT2D eigenvalue weighted by Crippen LogP contribution is 2.38. The predicted octanol–water partition coefficient (Wildman–Crippen LogP) is 6.18. The number of hydrogen-bond acceptors (Lipinski definition) is 3. The third-order valence-electron chi connectivity index (χ3n) is 3.25. The maximum atomic E-state index is 12.7. The zero-order chi connectivity index (χ0) is 18.8. The van der Waals surface area contributed by atoms with E-state index in [1.807, 2.05) is 25.1 Å². The molecule has 0 spiro atoms. The zero-order valence-electron chi connectivity index (χ0n) is 13.1. The van der Waals surface area contributed by atoms with E-state index in [-0.39, 0.29) is 15.7 Å². The number of nitrogens with one attached hydrogen (secondary N) is 1. The lowest BCUT2D eigenvalue weighted by atomic mass is 10.2. The smallest absolute Gasteiger partial charge is 0.378 e. The molecule has 0 amide bonds. The molecule has 0 unspecified atom stereocenters. The number of benzene rings is 2. The molecule has 0 atom stereocenters. The number of rotatable bonds is 4. The van der Waals surface area contributed by atoms with Crippen LogP contribution in [-0.4, -0.2) is 20.3 Å². The lowest BCUT2D eigenvalue weighted by Gasteiger charge is -2.13. The Morgan fingerprint density at radius 1 is 1.00 bits per heavy atom. The molecule has 2 aromatic carbocycles. The second kappa shape index (κ2) is 7.72. The van der Waals surface area contributed by atoms with Crippen LogP contribution in [-0.2, 0) is 6.18 Å². The van der Waals surface area contributed by atoms with Crippen molar-refractivity contribution in [2.75, 3.05) is 24.4 Å². The monoisotopic (exact) mass is 409 g/mol. The first-order valence-corrected chi connectivity index (χ1v) is 8.05. The largest absolute Gasteiger partial charge is 0.416 e. The van der Waals surface area contributed by atoms with Crippen LogP contribution in [0, 0.1) is 0 Å². The molecule has 0 saturated carbocycles. The van der Waals surface area contributed by atoms with Crippen molar-refractivity contribution in [2.24, 2.45) is 5.10 Å². The maximum absolute atomic E-state index is 12.7. The summed E-state index contributed by atoms with van der Waals surface area (Å²) in [6.07, 6.45) is -3.11. The summed E-state index contributed by atoms with van der Waals surface area (Å²) >= 11 is 17.9. The van der Waals surface area contributed by atoms with Gasteiger partial charge < -0.3 is 4.90 Å². The summed E-state index contributed by atoms with van der Waals surface area (Å²) in [6, 6.07) is 6.94. The van der Waals surface area contributed by atoms with Crippen LogP contribution in [0.5, 0.6) is 0 Å². The first-order chi connectivity index (χ1) is 11.6. The Morgan fingerprint density at radius 2 is 1.60 bits per heavy atom. The minimum Gasteiger partial charge on any atom is -0.378 e. The van der Waals surface area contributed by atoms with Crippen LogP contribution in [0.1, 0.15) is 11.1 Å². The third kappa shape index (κ3) is 4.93. The molecule has 2 aromatic rings. The fourth-order valence-corrected chi connectivity index (χ4v) is 2.70. The Kier molecular flexibility index (Phi) is 6.08. The topological polar surface area (TPSA) is 27.6 Å². The van der Waals surface area contributed by atoms with Crippen molar-refractivity contribution in [1.29, 1.82) is 0 Å². The molecule has 0 heterocycles. The number of nitrogens with zero attached hydrogens (tertiary/aromatic N) is 2. The van der Waals surface area contributed by atoms with Gasteiger partial charge in [-0.2, -0.15) is 18.3 Å². The van der Waals surface area contributed by atoms with Crippen LogP contribution < -0.4 is 10.3 Å². The van der Waals surface area contributed by atoms with Crippen LogP contribution in [0.3, 0.4) is 0 Å². The van der Waals surface area contributed by atoms with Gasteiger partial charge in [-0.1, -0.05) is 34.8 Å². The third-order valence-corrected chi connectivity index (χ3v) is 4.17. The van der Waals surface area contributed by atoms with Gasteiger partial charge in [0.1, 0.15) is 0 Å². The van der Waals surface area contributed by atoms with E-state index in [2.05, 4.69) is 10.5 Å². The highest BCUT2D eigenvalue weighted by Gasteiger charge is 2.32. The van der Waals surface area contributed by atoms with Crippen molar-refractivity contribution >= 4 is 52.4 Å². The zero-order valence-corrected chi connectivity index (χ0v) is 15.4. The lowest BCUT2D eigenvalue weighted by Crippen LogP contribution is -2.08. The van der Waals surface area contributed by atoms with Gasteiger partial charge in [-0.3, -0.25) is 5.43 Å². The second-order valence-electron chi connectivity index (χ2n) is 5.28. The van der Waals surface area contributed by atoms with E-state index in [1.165, 1.54) is 6.21 Å². The van der Waals surface area contributed by atoms with Gasteiger partial charge in [0.2, 0.25) is 0 Å². The van der Waals surface area contributed by atoms with E-state index in [0.717, 1.165) is 17.8 Å². The van der Waals surface area contributed by atoms with E-state index < -0.39 is 11.7 Å². The molecule has 3 nitrogen and oxygen atoms in total. The number of anilines is 2. The van der Waals surface area contributed by atoms with Crippen molar-refractivity contribution in [1.82, 2.24) is 0 Å². The molecule has 0 saturated heterocycles. The van der Waals surface area contributed by atoms with Crippen LogP contribution in [0.25, 0.3) is 0 Å². The molecule has 0 aliphatic carbocycles. The van der Waals surface area contributed by atoms with Gasteiger partial charge in [-0.05, 0) is 30.3 Å². The van der Waals surface area contributed by atoms with Gasteiger partial charge in [0.15, 0.2) is 0 Å². The van der Waals surface area contributed by atoms with E-state index in [4.69, 9.17) is 34.8 Å². The summed E-state index contributed by atoms with van der Waals surface area (Å²) in [5.74, 6) is 0. The number of hydrogen-bond donors (Lipinski definition) is 1. The molecular formula is C16H13Cl3F3N3. The molecule has 0 radical (unpaired) electrons. The lowest BCUT2D eigenvalue weighted by molar-refractivity contribution is -0.137. The summed E-state index contributed by atoms with van der Waals surface area (Å²) in [7, 11) is 3.77. The molecule has 0 bridgehead atoms. The number of hydrazone groups is 1. The summed E-state index contributed by atoms with van der Waals surface area (Å²) in [5.41, 5.74) is 3.23. The molecule has 0 aromatic heterocycles. The fraction of sp³-hybridized carbons (Fsp3) is 0.188. The summed E-state index contributed by atoms with van der Waals surface area (Å²) < 4.78 is 38.1. The molecular weight excluding hydrogens is 398 g/mol. The first kappa shape index (κ1) is 19.7. The van der Waals surface area contributed by atoms with Crippen molar-refractivity contribution < 1.29 is 13.2 Å². The Labute approximate surface area is 158 Å². The molecule has 134 valence electrons. The standard InChI is InChI=1S/C16H13Cl3F3N3/c1-25(2)11-4-3-9(12(17)7-11)8-23-24-15-13(18)5-10(6-14(15)19)16(20,21)22/h3-8,24H,1-2H3/b23-8+. The molecule has 1 N–H and O–H groups in total. The quantitative estimate of drug-likeness (QED) is 0.481. The van der Waals surface area contributed by atoms with Gasteiger partial charge in [-0.25, -0.2) is 0 Å². The summed E-state index contributed by atoms with van der Waals surface area (Å²) in [5, 5.41) is 4.03. The fourth-order valence-electron chi connectivity index (χ4n) is 1.91. The van der Waals surface area contributed by atoms with Gasteiger partial charge in [0.25, 0.3) is 0 Å². The Bertz CT molecular complexity index is 782. The Morgan fingerprint density at radius 3 is 2.08 bits per heavy atom. The summed E-state index contributed by atoms with van der Waals surface area (Å²) in [6.45, 7) is 0. The van der Waals surface area contributed by atoms with E-state index in [1.54, 1.807) is 12.1 Å². The average Bonchev–Trinajstić information content (AvgIpc) is 2.50. The predicted molar refractivity (Wildman–Crippen MR) is 98.5 cm³/mol. The summed E-state index contributed by atoms with van der Waals surface area (Å²) in [4.78, 5) is 1.90. The van der Waals surface area contributed by atoms with Crippen molar-refractivity contribution in [3.63, 3.8) is 0 Å². The molecule has 25 heavy (non-hydrogen) atoms. The van der Waals surface area contributed by atoms with Crippen molar-refractivity contribution in [3.8, 4) is 0 Å². The highest BCUT2D eigenvalue weighted by atomic mass is 35.5. The van der Waals surface area contributed by atoms with E-state index in [9.17, 15) is 13.2 Å². The van der Waals surface area contributed by atoms with Crippen molar-refractivity contribution in [3.05, 3.63) is 56.5 Å². The van der Waals surface area contributed by atoms with Gasteiger partial charge in [0.05, 0.1) is 32.5 Å². The Hall–Kier alpha value is -1.63. The van der Waals surface area contributed by atoms with Crippen LogP contribution in [0.4, 0.5) is 24.5 Å².